The monoisotopic (exact) mass is 409 g/mol. The van der Waals surface area contributed by atoms with Crippen LogP contribution in [0.3, 0.4) is 0 Å². The van der Waals surface area contributed by atoms with Crippen molar-refractivity contribution in [3.05, 3.63) is 12.7 Å². The maximum Gasteiger partial charge on any atom is 0.285 e. The number of unbranched alkanes of at least 4 members (excludes halogenated alkanes) is 8. The summed E-state index contributed by atoms with van der Waals surface area (Å²) in [6.07, 6.45) is 12.7. The zero-order valence-electron chi connectivity index (χ0n) is 16.9. The van der Waals surface area contributed by atoms with Crippen LogP contribution in [0.25, 0.3) is 0 Å². The summed E-state index contributed by atoms with van der Waals surface area (Å²) in [5.74, 6) is 4.39. The lowest BCUT2D eigenvalue weighted by Gasteiger charge is -2.18. The van der Waals surface area contributed by atoms with E-state index in [2.05, 4.69) is 17.8 Å². The van der Waals surface area contributed by atoms with Crippen molar-refractivity contribution in [2.24, 2.45) is 5.90 Å². The summed E-state index contributed by atoms with van der Waals surface area (Å²) in [6.45, 7) is 7.54. The summed E-state index contributed by atoms with van der Waals surface area (Å²) in [6, 6.07) is 0. The first-order valence-electron chi connectivity index (χ1n) is 10.0. The van der Waals surface area contributed by atoms with Gasteiger partial charge in [0.1, 0.15) is 11.9 Å². The lowest BCUT2D eigenvalue weighted by Crippen LogP contribution is -2.29. The second kappa shape index (κ2) is 18.8. The van der Waals surface area contributed by atoms with Gasteiger partial charge in [-0.05, 0) is 6.42 Å². The molecule has 0 saturated heterocycles. The second-order valence-corrected chi connectivity index (χ2v) is 8.30. The Kier molecular flexibility index (Phi) is 18.5. The van der Waals surface area contributed by atoms with Gasteiger partial charge in [0.2, 0.25) is 0 Å². The van der Waals surface area contributed by atoms with Crippen LogP contribution in [0.2, 0.25) is 0 Å². The second-order valence-electron chi connectivity index (χ2n) is 6.58. The standard InChI is InChI=1S/C19H39NO6S/c1-3-5-6-7-8-9-10-11-12-14-24-18-19(17-23-13-4-2)25-15-16-27(21,22)26-20/h4,19H,2-3,5-18,20H2,1H3. The molecule has 0 spiro atoms. The zero-order chi connectivity index (χ0) is 20.2. The molecule has 1 atom stereocenters. The van der Waals surface area contributed by atoms with Gasteiger partial charge in [-0.2, -0.15) is 18.6 Å². The van der Waals surface area contributed by atoms with E-state index < -0.39 is 10.1 Å². The van der Waals surface area contributed by atoms with Crippen LogP contribution in [0.4, 0.5) is 0 Å². The number of hydrogen-bond acceptors (Lipinski definition) is 7. The van der Waals surface area contributed by atoms with Gasteiger partial charge in [0.05, 0.1) is 26.4 Å². The van der Waals surface area contributed by atoms with Gasteiger partial charge < -0.3 is 14.2 Å². The topological polar surface area (TPSA) is 97.1 Å². The molecule has 8 heteroatoms. The molecule has 0 bridgehead atoms. The molecule has 0 aromatic rings. The summed E-state index contributed by atoms with van der Waals surface area (Å²) in [5, 5.41) is 0. The van der Waals surface area contributed by atoms with Crippen LogP contribution in [0.1, 0.15) is 64.7 Å². The fourth-order valence-electron chi connectivity index (χ4n) is 2.52. The number of hydrogen-bond donors (Lipinski definition) is 1. The van der Waals surface area contributed by atoms with E-state index in [0.717, 1.165) is 6.42 Å². The average molecular weight is 410 g/mol. The number of nitrogens with two attached hydrogens (primary N) is 1. The van der Waals surface area contributed by atoms with E-state index in [1.54, 1.807) is 6.08 Å². The molecule has 0 rings (SSSR count). The molecular formula is C19H39NO6S. The van der Waals surface area contributed by atoms with E-state index in [4.69, 9.17) is 20.1 Å². The van der Waals surface area contributed by atoms with Gasteiger partial charge in [0.25, 0.3) is 10.1 Å². The van der Waals surface area contributed by atoms with Crippen molar-refractivity contribution in [3.8, 4) is 0 Å². The largest absolute Gasteiger partial charge is 0.379 e. The van der Waals surface area contributed by atoms with Gasteiger partial charge in [0.15, 0.2) is 0 Å². The van der Waals surface area contributed by atoms with Crippen molar-refractivity contribution in [2.45, 2.75) is 70.8 Å². The minimum atomic E-state index is -3.73. The molecule has 0 aliphatic rings. The molecule has 27 heavy (non-hydrogen) atoms. The van der Waals surface area contributed by atoms with Crippen molar-refractivity contribution in [1.82, 2.24) is 0 Å². The van der Waals surface area contributed by atoms with Crippen molar-refractivity contribution in [3.63, 3.8) is 0 Å². The highest BCUT2D eigenvalue weighted by atomic mass is 32.2. The van der Waals surface area contributed by atoms with Crippen molar-refractivity contribution < 1.29 is 26.9 Å². The number of ether oxygens (including phenoxy) is 3. The van der Waals surface area contributed by atoms with Gasteiger partial charge in [-0.1, -0.05) is 64.4 Å². The van der Waals surface area contributed by atoms with Gasteiger partial charge in [-0.15, -0.1) is 6.58 Å². The quantitative estimate of drug-likeness (QED) is 0.176. The average Bonchev–Trinajstić information content (AvgIpc) is 2.65. The van der Waals surface area contributed by atoms with E-state index in [1.165, 1.54) is 51.4 Å². The third-order valence-corrected chi connectivity index (χ3v) is 5.03. The van der Waals surface area contributed by atoms with Crippen LogP contribution in [0.5, 0.6) is 0 Å². The molecule has 2 N–H and O–H groups in total. The summed E-state index contributed by atoms with van der Waals surface area (Å²) in [5.41, 5.74) is 0. The fraction of sp³-hybridized carbons (Fsp3) is 0.895. The van der Waals surface area contributed by atoms with E-state index in [1.807, 2.05) is 0 Å². The van der Waals surface area contributed by atoms with Crippen LogP contribution in [0, 0.1) is 0 Å². The van der Waals surface area contributed by atoms with Gasteiger partial charge in [-0.25, -0.2) is 0 Å². The molecule has 0 heterocycles. The van der Waals surface area contributed by atoms with Gasteiger partial charge in [0, 0.05) is 6.61 Å². The Morgan fingerprint density at radius 2 is 1.52 bits per heavy atom. The first kappa shape index (κ1) is 26.5. The van der Waals surface area contributed by atoms with E-state index in [-0.39, 0.29) is 18.5 Å². The third-order valence-electron chi connectivity index (χ3n) is 4.07. The maximum atomic E-state index is 11.2. The first-order chi connectivity index (χ1) is 13.1. The highest BCUT2D eigenvalue weighted by Crippen LogP contribution is 2.09. The van der Waals surface area contributed by atoms with Gasteiger partial charge in [-0.3, -0.25) is 0 Å². The Morgan fingerprint density at radius 3 is 2.11 bits per heavy atom. The molecule has 0 fully saturated rings. The van der Waals surface area contributed by atoms with Crippen molar-refractivity contribution in [1.29, 1.82) is 0 Å². The van der Waals surface area contributed by atoms with E-state index in [9.17, 15) is 8.42 Å². The minimum Gasteiger partial charge on any atom is -0.379 e. The summed E-state index contributed by atoms with van der Waals surface area (Å²) >= 11 is 0. The van der Waals surface area contributed by atoms with E-state index in [0.29, 0.717) is 26.4 Å². The molecule has 0 aromatic heterocycles. The van der Waals surface area contributed by atoms with Crippen molar-refractivity contribution >= 4 is 10.1 Å². The fourth-order valence-corrected chi connectivity index (χ4v) is 2.92. The predicted molar refractivity (Wildman–Crippen MR) is 108 cm³/mol. The Balaban J connectivity index is 3.76. The molecule has 0 amide bonds. The molecule has 7 nitrogen and oxygen atoms in total. The summed E-state index contributed by atoms with van der Waals surface area (Å²) in [4.78, 5) is 0. The normalized spacial score (nSPS) is 13.0. The number of rotatable bonds is 21. The highest BCUT2D eigenvalue weighted by Gasteiger charge is 2.14. The van der Waals surface area contributed by atoms with E-state index >= 15 is 0 Å². The van der Waals surface area contributed by atoms with Crippen LogP contribution in [-0.2, 0) is 28.6 Å². The van der Waals surface area contributed by atoms with Crippen LogP contribution in [0.15, 0.2) is 12.7 Å². The molecule has 0 aromatic carbocycles. The Labute approximate surface area is 165 Å². The van der Waals surface area contributed by atoms with Crippen LogP contribution < -0.4 is 5.90 Å². The Hall–Kier alpha value is -0.510. The zero-order valence-corrected chi connectivity index (χ0v) is 17.7. The lowest BCUT2D eigenvalue weighted by molar-refractivity contribution is -0.0522. The molecule has 1 unspecified atom stereocenters. The lowest BCUT2D eigenvalue weighted by atomic mass is 10.1. The Morgan fingerprint density at radius 1 is 0.926 bits per heavy atom. The molecule has 0 saturated carbocycles. The summed E-state index contributed by atoms with van der Waals surface area (Å²) < 4.78 is 42.9. The van der Waals surface area contributed by atoms with Crippen LogP contribution in [-0.4, -0.2) is 53.3 Å². The smallest absolute Gasteiger partial charge is 0.285 e. The molecule has 162 valence electrons. The minimum absolute atomic E-state index is 0.0248. The van der Waals surface area contributed by atoms with Crippen LogP contribution >= 0.6 is 0 Å². The Bertz CT molecular complexity index is 430. The molecule has 0 aliphatic heterocycles. The summed E-state index contributed by atoms with van der Waals surface area (Å²) in [7, 11) is -3.73. The molecule has 0 aliphatic carbocycles. The third kappa shape index (κ3) is 18.6. The maximum absolute atomic E-state index is 11.2. The SMILES string of the molecule is C=CCOCC(COCCCCCCCCCCC)OCCS(=O)(=O)ON. The molecular weight excluding hydrogens is 370 g/mol. The predicted octanol–water partition coefficient (Wildman–Crippen LogP) is 3.34. The van der Waals surface area contributed by atoms with Crippen molar-refractivity contribution in [2.75, 3.05) is 38.8 Å². The highest BCUT2D eigenvalue weighted by molar-refractivity contribution is 7.86. The molecule has 0 radical (unpaired) electrons. The first-order valence-corrected chi connectivity index (χ1v) is 11.6. The van der Waals surface area contributed by atoms with Gasteiger partial charge >= 0.3 is 0 Å².